The number of nitro benzene ring substituents is 1. The van der Waals surface area contributed by atoms with E-state index < -0.39 is 4.92 Å². The Labute approximate surface area is 106 Å². The smallest absolute Gasteiger partial charge is 0.279 e. The number of aryl methyl sites for hydroxylation is 1. The lowest BCUT2D eigenvalue weighted by molar-refractivity contribution is -0.384. The Morgan fingerprint density at radius 3 is 2.82 bits per heavy atom. The number of nitrogens with one attached hydrogen (secondary N) is 1. The minimum Gasteiger partial charge on any atom is -0.279 e. The van der Waals surface area contributed by atoms with Gasteiger partial charge >= 0.3 is 0 Å². The second-order valence-corrected chi connectivity index (χ2v) is 4.13. The number of aromatic nitrogens is 3. The molecular weight excluding hydrogens is 264 g/mol. The number of nitrogens with zero attached hydrogens (tertiary/aromatic N) is 3. The minimum absolute atomic E-state index is 0.109. The maximum absolute atomic E-state index is 10.9. The van der Waals surface area contributed by atoms with Crippen molar-refractivity contribution in [3.63, 3.8) is 0 Å². The zero-order valence-electron chi connectivity index (χ0n) is 8.68. The van der Waals surface area contributed by atoms with Crippen LogP contribution in [0, 0.1) is 14.9 Å². The molecule has 1 aromatic carbocycles. The molecule has 0 fully saturated rings. The number of benzene rings is 1. The van der Waals surface area contributed by atoms with Crippen LogP contribution in [0.3, 0.4) is 0 Å². The van der Waals surface area contributed by atoms with Crippen molar-refractivity contribution in [2.45, 2.75) is 0 Å². The van der Waals surface area contributed by atoms with Crippen molar-refractivity contribution in [1.29, 1.82) is 0 Å². The molecule has 0 aliphatic carbocycles. The van der Waals surface area contributed by atoms with Gasteiger partial charge in [-0.25, -0.2) is 0 Å². The first-order valence-corrected chi connectivity index (χ1v) is 5.35. The Balaban J connectivity index is 2.66. The van der Waals surface area contributed by atoms with E-state index in [2.05, 4.69) is 10.1 Å². The van der Waals surface area contributed by atoms with Gasteiger partial charge in [-0.2, -0.15) is 4.98 Å². The van der Waals surface area contributed by atoms with Crippen LogP contribution in [0.1, 0.15) is 0 Å². The monoisotopic (exact) mass is 270 g/mol. The number of rotatable bonds is 2. The molecule has 0 radical (unpaired) electrons. The van der Waals surface area contributed by atoms with E-state index in [-0.39, 0.29) is 5.69 Å². The van der Waals surface area contributed by atoms with Crippen molar-refractivity contribution >= 4 is 29.5 Å². The van der Waals surface area contributed by atoms with Crippen LogP contribution in [0.25, 0.3) is 11.4 Å². The highest BCUT2D eigenvalue weighted by molar-refractivity contribution is 7.71. The van der Waals surface area contributed by atoms with Gasteiger partial charge < -0.3 is 0 Å². The zero-order valence-corrected chi connectivity index (χ0v) is 10.2. The van der Waals surface area contributed by atoms with Crippen LogP contribution in [0.15, 0.2) is 18.2 Å². The van der Waals surface area contributed by atoms with Gasteiger partial charge in [0.1, 0.15) is 0 Å². The maximum Gasteiger partial charge on any atom is 0.281 e. The number of hydrogen-bond donors (Lipinski definition) is 1. The van der Waals surface area contributed by atoms with Crippen LogP contribution in [-0.4, -0.2) is 19.7 Å². The standard InChI is InChI=1S/C9H7ClN4O2S/c1-13-9(17)11-8(12-13)6-3-2-5(10)4-7(6)14(15)16/h2-4H,1H3,(H,11,12,17). The number of H-pyrrole nitrogens is 1. The van der Waals surface area contributed by atoms with E-state index in [9.17, 15) is 10.1 Å². The van der Waals surface area contributed by atoms with Crippen LogP contribution in [-0.2, 0) is 7.05 Å². The van der Waals surface area contributed by atoms with Gasteiger partial charge in [0.05, 0.1) is 10.5 Å². The lowest BCUT2D eigenvalue weighted by Gasteiger charge is -1.99. The van der Waals surface area contributed by atoms with Crippen molar-refractivity contribution in [1.82, 2.24) is 14.8 Å². The molecule has 2 rings (SSSR count). The fraction of sp³-hybridized carbons (Fsp3) is 0.111. The minimum atomic E-state index is -0.507. The average molecular weight is 271 g/mol. The quantitative estimate of drug-likeness (QED) is 0.517. The molecule has 1 aromatic heterocycles. The van der Waals surface area contributed by atoms with E-state index in [0.717, 1.165) is 0 Å². The molecule has 0 aliphatic rings. The van der Waals surface area contributed by atoms with Crippen molar-refractivity contribution in [3.05, 3.63) is 38.1 Å². The van der Waals surface area contributed by atoms with Crippen molar-refractivity contribution < 1.29 is 4.92 Å². The maximum atomic E-state index is 10.9. The molecule has 88 valence electrons. The molecule has 0 unspecified atom stereocenters. The van der Waals surface area contributed by atoms with Gasteiger partial charge in [-0.1, -0.05) is 11.6 Å². The molecule has 6 nitrogen and oxygen atoms in total. The van der Waals surface area contributed by atoms with Crippen LogP contribution in [0.5, 0.6) is 0 Å². The third-order valence-electron chi connectivity index (χ3n) is 2.18. The molecule has 0 atom stereocenters. The summed E-state index contributed by atoms with van der Waals surface area (Å²) in [4.78, 5) is 14.4. The summed E-state index contributed by atoms with van der Waals surface area (Å²) in [5.41, 5.74) is 0.243. The molecule has 1 N–H and O–H groups in total. The third kappa shape index (κ3) is 2.20. The van der Waals surface area contributed by atoms with Gasteiger partial charge in [-0.05, 0) is 24.4 Å². The summed E-state index contributed by atoms with van der Waals surface area (Å²) in [5, 5.41) is 14.0. The molecule has 0 amide bonds. The summed E-state index contributed by atoms with van der Waals surface area (Å²) < 4.78 is 1.83. The first-order chi connectivity index (χ1) is 7.99. The highest BCUT2D eigenvalue weighted by Gasteiger charge is 2.18. The molecule has 1 heterocycles. The second kappa shape index (κ2) is 4.27. The van der Waals surface area contributed by atoms with Crippen molar-refractivity contribution in [2.24, 2.45) is 7.05 Å². The van der Waals surface area contributed by atoms with E-state index in [1.807, 2.05) is 0 Å². The molecule has 8 heteroatoms. The summed E-state index contributed by atoms with van der Waals surface area (Å²) >= 11 is 10.7. The van der Waals surface area contributed by atoms with Gasteiger partial charge in [-0.3, -0.25) is 19.9 Å². The predicted molar refractivity (Wildman–Crippen MR) is 65.5 cm³/mol. The molecule has 0 bridgehead atoms. The molecule has 2 aromatic rings. The Hall–Kier alpha value is -1.73. The normalized spacial score (nSPS) is 10.5. The lowest BCUT2D eigenvalue weighted by atomic mass is 10.2. The molecular formula is C9H7ClN4O2S. The van der Waals surface area contributed by atoms with Gasteiger partial charge in [0.25, 0.3) is 5.69 Å². The van der Waals surface area contributed by atoms with Crippen LogP contribution in [0.4, 0.5) is 5.69 Å². The topological polar surface area (TPSA) is 76.8 Å². The molecule has 0 saturated heterocycles. The van der Waals surface area contributed by atoms with Crippen LogP contribution in [0.2, 0.25) is 5.02 Å². The van der Waals surface area contributed by atoms with E-state index in [4.69, 9.17) is 23.8 Å². The predicted octanol–water partition coefficient (Wildman–Crippen LogP) is 2.71. The molecule has 17 heavy (non-hydrogen) atoms. The van der Waals surface area contributed by atoms with Crippen molar-refractivity contribution in [3.8, 4) is 11.4 Å². The van der Waals surface area contributed by atoms with Crippen molar-refractivity contribution in [2.75, 3.05) is 0 Å². The highest BCUT2D eigenvalue weighted by Crippen LogP contribution is 2.29. The Morgan fingerprint density at radius 2 is 2.29 bits per heavy atom. The lowest BCUT2D eigenvalue weighted by Crippen LogP contribution is -1.94. The van der Waals surface area contributed by atoms with E-state index >= 15 is 0 Å². The first kappa shape index (κ1) is 11.7. The molecule has 0 aliphatic heterocycles. The fourth-order valence-corrected chi connectivity index (χ4v) is 1.68. The highest BCUT2D eigenvalue weighted by atomic mass is 35.5. The van der Waals surface area contributed by atoms with E-state index in [1.54, 1.807) is 13.1 Å². The van der Waals surface area contributed by atoms with E-state index in [0.29, 0.717) is 21.2 Å². The SMILES string of the molecule is Cn1[nH]c(-c2ccc(Cl)cc2[N+](=O)[O-])nc1=S. The molecule has 0 spiro atoms. The number of nitro groups is 1. The van der Waals surface area contributed by atoms with Crippen LogP contribution >= 0.6 is 23.8 Å². The molecule has 0 saturated carbocycles. The third-order valence-corrected chi connectivity index (χ3v) is 2.78. The number of halogens is 1. The Bertz CT molecular complexity index is 649. The summed E-state index contributed by atoms with van der Waals surface area (Å²) in [6, 6.07) is 4.38. The Kier molecular flexibility index (Phi) is 2.95. The van der Waals surface area contributed by atoms with Crippen LogP contribution < -0.4 is 0 Å². The average Bonchev–Trinajstić information content (AvgIpc) is 2.59. The van der Waals surface area contributed by atoms with Gasteiger partial charge in [-0.15, -0.1) is 0 Å². The zero-order chi connectivity index (χ0) is 12.6. The second-order valence-electron chi connectivity index (χ2n) is 3.33. The summed E-state index contributed by atoms with van der Waals surface area (Å²) in [5.74, 6) is 0.348. The first-order valence-electron chi connectivity index (χ1n) is 4.56. The summed E-state index contributed by atoms with van der Waals surface area (Å²) in [6.07, 6.45) is 0. The largest absolute Gasteiger partial charge is 0.281 e. The van der Waals surface area contributed by atoms with Gasteiger partial charge in [0, 0.05) is 18.1 Å². The number of hydrogen-bond acceptors (Lipinski definition) is 4. The van der Waals surface area contributed by atoms with Gasteiger partial charge in [0.15, 0.2) is 5.82 Å². The fourth-order valence-electron chi connectivity index (χ4n) is 1.38. The Morgan fingerprint density at radius 1 is 1.59 bits per heavy atom. The van der Waals surface area contributed by atoms with Gasteiger partial charge in [0.2, 0.25) is 4.77 Å². The summed E-state index contributed by atoms with van der Waals surface area (Å²) in [6.45, 7) is 0. The summed E-state index contributed by atoms with van der Waals surface area (Å²) in [7, 11) is 1.68. The number of aromatic amines is 1. The van der Waals surface area contributed by atoms with E-state index in [1.165, 1.54) is 16.8 Å².